The molecule has 0 bridgehead atoms. The Labute approximate surface area is 103 Å². The van der Waals surface area contributed by atoms with E-state index < -0.39 is 11.7 Å². The molecule has 0 aliphatic rings. The zero-order chi connectivity index (χ0) is 13.0. The largest absolute Gasteiger partial charge is 0.373 e. The zero-order valence-corrected chi connectivity index (χ0v) is 9.64. The van der Waals surface area contributed by atoms with Crippen LogP contribution in [-0.4, -0.2) is 22.9 Å². The highest BCUT2D eigenvalue weighted by molar-refractivity contribution is 6.04. The van der Waals surface area contributed by atoms with Gasteiger partial charge in [0.15, 0.2) is 5.82 Å². The van der Waals surface area contributed by atoms with Gasteiger partial charge < -0.3 is 10.6 Å². The van der Waals surface area contributed by atoms with Crippen LogP contribution in [0.2, 0.25) is 0 Å². The van der Waals surface area contributed by atoms with Crippen molar-refractivity contribution < 1.29 is 9.18 Å². The van der Waals surface area contributed by atoms with E-state index in [2.05, 4.69) is 20.6 Å². The van der Waals surface area contributed by atoms with Gasteiger partial charge in [-0.2, -0.15) is 0 Å². The fourth-order valence-corrected chi connectivity index (χ4v) is 1.35. The van der Waals surface area contributed by atoms with Crippen molar-refractivity contribution in [3.8, 4) is 0 Å². The Morgan fingerprint density at radius 2 is 2.11 bits per heavy atom. The van der Waals surface area contributed by atoms with Gasteiger partial charge in [0.1, 0.15) is 5.82 Å². The van der Waals surface area contributed by atoms with E-state index in [1.807, 2.05) is 0 Å². The molecule has 0 saturated heterocycles. The molecule has 0 saturated carbocycles. The molecule has 5 nitrogen and oxygen atoms in total. The molecule has 0 aliphatic carbocycles. The molecule has 0 aromatic carbocycles. The highest BCUT2D eigenvalue weighted by Crippen LogP contribution is 2.13. The molecule has 2 heterocycles. The highest BCUT2D eigenvalue weighted by atomic mass is 19.1. The van der Waals surface area contributed by atoms with Crippen LogP contribution in [0, 0.1) is 5.82 Å². The quantitative estimate of drug-likeness (QED) is 0.868. The molecule has 0 radical (unpaired) electrons. The van der Waals surface area contributed by atoms with Gasteiger partial charge in [-0.25, -0.2) is 9.37 Å². The van der Waals surface area contributed by atoms with E-state index in [1.165, 1.54) is 18.5 Å². The average molecular weight is 246 g/mol. The number of halogens is 1. The second kappa shape index (κ2) is 5.22. The third-order valence-corrected chi connectivity index (χ3v) is 2.30. The third kappa shape index (κ3) is 2.60. The van der Waals surface area contributed by atoms with Gasteiger partial charge in [-0.3, -0.25) is 9.78 Å². The lowest BCUT2D eigenvalue weighted by Crippen LogP contribution is -2.13. The lowest BCUT2D eigenvalue weighted by molar-refractivity contribution is 0.102. The number of nitrogens with one attached hydrogen (secondary N) is 2. The first-order valence-corrected chi connectivity index (χ1v) is 5.25. The van der Waals surface area contributed by atoms with Crippen molar-refractivity contribution in [2.45, 2.75) is 0 Å². The molecular weight excluding hydrogens is 235 g/mol. The normalized spacial score (nSPS) is 9.89. The van der Waals surface area contributed by atoms with Crippen molar-refractivity contribution in [3.63, 3.8) is 0 Å². The first-order chi connectivity index (χ1) is 8.70. The van der Waals surface area contributed by atoms with Crippen molar-refractivity contribution in [2.24, 2.45) is 0 Å². The summed E-state index contributed by atoms with van der Waals surface area (Å²) in [5, 5.41) is 5.29. The fourth-order valence-electron chi connectivity index (χ4n) is 1.35. The van der Waals surface area contributed by atoms with Crippen molar-refractivity contribution in [1.29, 1.82) is 0 Å². The van der Waals surface area contributed by atoms with Crippen molar-refractivity contribution >= 4 is 17.4 Å². The number of rotatable bonds is 3. The third-order valence-electron chi connectivity index (χ3n) is 2.30. The number of hydrogen-bond acceptors (Lipinski definition) is 4. The van der Waals surface area contributed by atoms with Crippen LogP contribution in [0.5, 0.6) is 0 Å². The van der Waals surface area contributed by atoms with E-state index >= 15 is 0 Å². The standard InChI is InChI=1S/C12H11FN4O/c1-14-11-3-2-8(6-16-11)12(18)17-10-4-5-15-7-9(10)13/h2-7H,1H3,(H,14,16)(H,15,17,18). The van der Waals surface area contributed by atoms with E-state index in [0.717, 1.165) is 6.20 Å². The van der Waals surface area contributed by atoms with E-state index in [-0.39, 0.29) is 5.69 Å². The Balaban J connectivity index is 2.14. The lowest BCUT2D eigenvalue weighted by atomic mass is 10.2. The van der Waals surface area contributed by atoms with Gasteiger partial charge in [-0.1, -0.05) is 0 Å². The molecule has 0 unspecified atom stereocenters. The first-order valence-electron chi connectivity index (χ1n) is 5.25. The molecule has 6 heteroatoms. The van der Waals surface area contributed by atoms with Gasteiger partial charge in [0.2, 0.25) is 0 Å². The van der Waals surface area contributed by atoms with E-state index in [0.29, 0.717) is 11.4 Å². The molecular formula is C12H11FN4O. The monoisotopic (exact) mass is 246 g/mol. The second-order valence-electron chi connectivity index (χ2n) is 3.49. The minimum absolute atomic E-state index is 0.0905. The maximum Gasteiger partial charge on any atom is 0.257 e. The second-order valence-corrected chi connectivity index (χ2v) is 3.49. The van der Waals surface area contributed by atoms with Crippen LogP contribution in [0.25, 0.3) is 0 Å². The zero-order valence-electron chi connectivity index (χ0n) is 9.64. The summed E-state index contributed by atoms with van der Waals surface area (Å²) in [6, 6.07) is 4.66. The smallest absolute Gasteiger partial charge is 0.257 e. The van der Waals surface area contributed by atoms with E-state index in [9.17, 15) is 9.18 Å². The molecule has 0 fully saturated rings. The minimum Gasteiger partial charge on any atom is -0.373 e. The first kappa shape index (κ1) is 12.0. The number of carbonyl (C=O) groups is 1. The summed E-state index contributed by atoms with van der Waals surface area (Å²) in [5.41, 5.74) is 0.443. The molecule has 2 rings (SSSR count). The van der Waals surface area contributed by atoms with Crippen LogP contribution in [0.15, 0.2) is 36.8 Å². The summed E-state index contributed by atoms with van der Waals surface area (Å²) in [6.45, 7) is 0. The molecule has 0 aliphatic heterocycles. The van der Waals surface area contributed by atoms with Crippen molar-refractivity contribution in [1.82, 2.24) is 9.97 Å². The number of hydrogen-bond donors (Lipinski definition) is 2. The molecule has 18 heavy (non-hydrogen) atoms. The van der Waals surface area contributed by atoms with Crippen LogP contribution >= 0.6 is 0 Å². The number of nitrogens with zero attached hydrogens (tertiary/aromatic N) is 2. The minimum atomic E-state index is -0.578. The molecule has 2 aromatic rings. The molecule has 1 amide bonds. The molecule has 2 N–H and O–H groups in total. The van der Waals surface area contributed by atoms with Crippen LogP contribution in [0.4, 0.5) is 15.9 Å². The summed E-state index contributed by atoms with van der Waals surface area (Å²) < 4.78 is 13.3. The summed E-state index contributed by atoms with van der Waals surface area (Å²) >= 11 is 0. The summed E-state index contributed by atoms with van der Waals surface area (Å²) in [7, 11) is 1.73. The van der Waals surface area contributed by atoms with Crippen LogP contribution < -0.4 is 10.6 Å². The van der Waals surface area contributed by atoms with Gasteiger partial charge in [-0.15, -0.1) is 0 Å². The molecule has 92 valence electrons. The lowest BCUT2D eigenvalue weighted by Gasteiger charge is -2.06. The number of aromatic nitrogens is 2. The maximum atomic E-state index is 13.3. The Kier molecular flexibility index (Phi) is 3.47. The Morgan fingerprint density at radius 3 is 2.72 bits per heavy atom. The Bertz CT molecular complexity index is 556. The van der Waals surface area contributed by atoms with Gasteiger partial charge >= 0.3 is 0 Å². The number of pyridine rings is 2. The predicted molar refractivity (Wildman–Crippen MR) is 65.9 cm³/mol. The topological polar surface area (TPSA) is 66.9 Å². The predicted octanol–water partition coefficient (Wildman–Crippen LogP) is 1.91. The number of amides is 1. The van der Waals surface area contributed by atoms with Crippen molar-refractivity contribution in [3.05, 3.63) is 48.2 Å². The fraction of sp³-hybridized carbons (Fsp3) is 0.0833. The van der Waals surface area contributed by atoms with E-state index in [4.69, 9.17) is 0 Å². The van der Waals surface area contributed by atoms with Gasteiger partial charge in [0.05, 0.1) is 17.4 Å². The SMILES string of the molecule is CNc1ccc(C(=O)Nc2ccncc2F)cn1. The van der Waals surface area contributed by atoms with Crippen LogP contribution in [0.1, 0.15) is 10.4 Å². The number of anilines is 2. The average Bonchev–Trinajstić information content (AvgIpc) is 2.41. The van der Waals surface area contributed by atoms with Gasteiger partial charge in [0, 0.05) is 19.4 Å². The van der Waals surface area contributed by atoms with Crippen LogP contribution in [0.3, 0.4) is 0 Å². The van der Waals surface area contributed by atoms with Gasteiger partial charge in [-0.05, 0) is 18.2 Å². The molecule has 2 aromatic heterocycles. The van der Waals surface area contributed by atoms with Gasteiger partial charge in [0.25, 0.3) is 5.91 Å². The summed E-state index contributed by atoms with van der Waals surface area (Å²) in [5.74, 6) is -0.345. The van der Waals surface area contributed by atoms with E-state index in [1.54, 1.807) is 19.2 Å². The maximum absolute atomic E-state index is 13.3. The molecule has 0 spiro atoms. The van der Waals surface area contributed by atoms with Crippen molar-refractivity contribution in [2.75, 3.05) is 17.7 Å². The highest BCUT2D eigenvalue weighted by Gasteiger charge is 2.09. The summed E-state index contributed by atoms with van der Waals surface area (Å²) in [6.07, 6.45) is 3.86. The summed E-state index contributed by atoms with van der Waals surface area (Å²) in [4.78, 5) is 19.4. The number of carbonyl (C=O) groups excluding carboxylic acids is 1. The van der Waals surface area contributed by atoms with Crippen LogP contribution in [-0.2, 0) is 0 Å². The Morgan fingerprint density at radius 1 is 1.28 bits per heavy atom. The molecule has 0 atom stereocenters. The Hall–Kier alpha value is -2.50.